The van der Waals surface area contributed by atoms with Crippen molar-refractivity contribution in [1.29, 1.82) is 0 Å². The van der Waals surface area contributed by atoms with Crippen LogP contribution in [0.1, 0.15) is 18.7 Å². The molecule has 1 aromatic carbocycles. The molecule has 0 saturated heterocycles. The van der Waals surface area contributed by atoms with Crippen molar-refractivity contribution in [3.8, 4) is 5.75 Å². The van der Waals surface area contributed by atoms with Crippen LogP contribution in [0.4, 0.5) is 14.5 Å². The van der Waals surface area contributed by atoms with Crippen LogP contribution in [-0.4, -0.2) is 22.3 Å². The predicted molar refractivity (Wildman–Crippen MR) is 78.4 cm³/mol. The number of anilines is 1. The maximum absolute atomic E-state index is 12.3. The van der Waals surface area contributed by atoms with Crippen molar-refractivity contribution in [2.45, 2.75) is 26.5 Å². The first-order chi connectivity index (χ1) is 10.4. The predicted octanol–water partition coefficient (Wildman–Crippen LogP) is 3.65. The smallest absolute Gasteiger partial charge is 0.387 e. The first kappa shape index (κ1) is 16.2. The van der Waals surface area contributed by atoms with Gasteiger partial charge < -0.3 is 10.1 Å². The van der Waals surface area contributed by atoms with Crippen molar-refractivity contribution < 1.29 is 18.3 Å². The SMILES string of the molecule is Cc1nn(C(C)C(=O)Nc2ccccc2OC(F)F)cc1Cl. The Hall–Kier alpha value is -2.15. The van der Waals surface area contributed by atoms with Gasteiger partial charge in [-0.05, 0) is 26.0 Å². The largest absolute Gasteiger partial charge is 0.433 e. The third kappa shape index (κ3) is 3.73. The Morgan fingerprint density at radius 3 is 2.68 bits per heavy atom. The lowest BCUT2D eigenvalue weighted by atomic mass is 10.2. The molecule has 1 amide bonds. The number of nitrogens with zero attached hydrogens (tertiary/aromatic N) is 2. The van der Waals surface area contributed by atoms with Crippen molar-refractivity contribution in [2.75, 3.05) is 5.32 Å². The first-order valence-corrected chi connectivity index (χ1v) is 6.82. The molecule has 118 valence electrons. The zero-order valence-corrected chi connectivity index (χ0v) is 12.6. The Labute approximate surface area is 130 Å². The Balaban J connectivity index is 2.15. The minimum absolute atomic E-state index is 0.104. The van der Waals surface area contributed by atoms with Crippen LogP contribution >= 0.6 is 11.6 Å². The summed E-state index contributed by atoms with van der Waals surface area (Å²) in [5.74, 6) is -0.530. The van der Waals surface area contributed by atoms with Crippen LogP contribution in [0.5, 0.6) is 5.75 Å². The van der Waals surface area contributed by atoms with Crippen LogP contribution in [0.3, 0.4) is 0 Å². The van der Waals surface area contributed by atoms with E-state index in [1.165, 1.54) is 29.1 Å². The number of aryl methyl sites for hydroxylation is 1. The quantitative estimate of drug-likeness (QED) is 0.911. The van der Waals surface area contributed by atoms with E-state index in [1.807, 2.05) is 0 Å². The number of ether oxygens (including phenoxy) is 1. The number of para-hydroxylation sites is 2. The van der Waals surface area contributed by atoms with E-state index in [0.717, 1.165) is 0 Å². The van der Waals surface area contributed by atoms with Crippen LogP contribution in [0.25, 0.3) is 0 Å². The second-order valence-electron chi connectivity index (χ2n) is 4.58. The maximum Gasteiger partial charge on any atom is 0.387 e. The van der Waals surface area contributed by atoms with Gasteiger partial charge in [0.1, 0.15) is 11.8 Å². The molecule has 0 bridgehead atoms. The fraction of sp³-hybridized carbons (Fsp3) is 0.286. The number of amides is 1. The number of benzene rings is 1. The summed E-state index contributed by atoms with van der Waals surface area (Å²) in [6, 6.07) is 5.30. The molecule has 5 nitrogen and oxygen atoms in total. The molecule has 1 N–H and O–H groups in total. The van der Waals surface area contributed by atoms with Crippen molar-refractivity contribution in [3.05, 3.63) is 41.2 Å². The summed E-state index contributed by atoms with van der Waals surface area (Å²) in [6.07, 6.45) is 1.53. The highest BCUT2D eigenvalue weighted by Gasteiger charge is 2.19. The monoisotopic (exact) mass is 329 g/mol. The van der Waals surface area contributed by atoms with E-state index in [2.05, 4.69) is 15.2 Å². The number of rotatable bonds is 5. The van der Waals surface area contributed by atoms with Gasteiger partial charge in [-0.3, -0.25) is 9.48 Å². The summed E-state index contributed by atoms with van der Waals surface area (Å²) in [7, 11) is 0. The molecule has 0 aliphatic rings. The van der Waals surface area contributed by atoms with E-state index >= 15 is 0 Å². The fourth-order valence-corrected chi connectivity index (χ4v) is 1.92. The number of aromatic nitrogens is 2. The molecule has 1 heterocycles. The zero-order valence-electron chi connectivity index (χ0n) is 11.9. The molecular formula is C14H14ClF2N3O2. The molecule has 1 atom stereocenters. The lowest BCUT2D eigenvalue weighted by Gasteiger charge is -2.15. The second kappa shape index (κ2) is 6.74. The van der Waals surface area contributed by atoms with Crippen molar-refractivity contribution >= 4 is 23.2 Å². The van der Waals surface area contributed by atoms with E-state index in [9.17, 15) is 13.6 Å². The lowest BCUT2D eigenvalue weighted by Crippen LogP contribution is -2.24. The average molecular weight is 330 g/mol. The highest BCUT2D eigenvalue weighted by atomic mass is 35.5. The molecule has 0 aliphatic heterocycles. The van der Waals surface area contributed by atoms with Gasteiger partial charge in [0.25, 0.3) is 0 Å². The van der Waals surface area contributed by atoms with Crippen LogP contribution < -0.4 is 10.1 Å². The van der Waals surface area contributed by atoms with Gasteiger partial charge in [-0.25, -0.2) is 0 Å². The van der Waals surface area contributed by atoms with Gasteiger partial charge in [-0.2, -0.15) is 13.9 Å². The van der Waals surface area contributed by atoms with E-state index in [0.29, 0.717) is 10.7 Å². The van der Waals surface area contributed by atoms with Gasteiger partial charge in [0.15, 0.2) is 0 Å². The molecule has 0 aliphatic carbocycles. The summed E-state index contributed by atoms with van der Waals surface area (Å²) < 4.78 is 30.5. The lowest BCUT2D eigenvalue weighted by molar-refractivity contribution is -0.119. The first-order valence-electron chi connectivity index (χ1n) is 6.44. The van der Waals surface area contributed by atoms with Crippen LogP contribution in [0.15, 0.2) is 30.5 Å². The molecular weight excluding hydrogens is 316 g/mol. The van der Waals surface area contributed by atoms with Crippen LogP contribution in [-0.2, 0) is 4.79 Å². The molecule has 8 heteroatoms. The molecule has 1 unspecified atom stereocenters. The highest BCUT2D eigenvalue weighted by Crippen LogP contribution is 2.26. The van der Waals surface area contributed by atoms with Gasteiger partial charge in [0, 0.05) is 6.20 Å². The zero-order chi connectivity index (χ0) is 16.3. The van der Waals surface area contributed by atoms with E-state index in [-0.39, 0.29) is 11.4 Å². The molecule has 22 heavy (non-hydrogen) atoms. The minimum Gasteiger partial charge on any atom is -0.433 e. The standard InChI is InChI=1S/C14H14ClF2N3O2/c1-8-10(15)7-20(19-8)9(2)13(21)18-11-5-3-4-6-12(11)22-14(16)17/h3-7,9,14H,1-2H3,(H,18,21). The summed E-state index contributed by atoms with van der Waals surface area (Å²) in [5, 5.41) is 7.10. The Morgan fingerprint density at radius 2 is 2.09 bits per heavy atom. The topological polar surface area (TPSA) is 56.2 Å². The van der Waals surface area contributed by atoms with Gasteiger partial charge in [0.2, 0.25) is 5.91 Å². The van der Waals surface area contributed by atoms with Gasteiger partial charge in [0.05, 0.1) is 16.4 Å². The third-order valence-electron chi connectivity index (χ3n) is 2.99. The van der Waals surface area contributed by atoms with Gasteiger partial charge in [-0.15, -0.1) is 0 Å². The Morgan fingerprint density at radius 1 is 1.41 bits per heavy atom. The molecule has 1 aromatic heterocycles. The summed E-state index contributed by atoms with van der Waals surface area (Å²) >= 11 is 5.90. The highest BCUT2D eigenvalue weighted by molar-refractivity contribution is 6.31. The van der Waals surface area contributed by atoms with E-state index in [1.54, 1.807) is 19.9 Å². The Kier molecular flexibility index (Phi) is 4.97. The number of carbonyl (C=O) groups is 1. The number of hydrogen-bond donors (Lipinski definition) is 1. The third-order valence-corrected chi connectivity index (χ3v) is 3.37. The number of carbonyl (C=O) groups excluding carboxylic acids is 1. The van der Waals surface area contributed by atoms with Crippen LogP contribution in [0.2, 0.25) is 5.02 Å². The van der Waals surface area contributed by atoms with Crippen molar-refractivity contribution in [1.82, 2.24) is 9.78 Å². The number of alkyl halides is 2. The summed E-state index contributed by atoms with van der Waals surface area (Å²) in [6.45, 7) is 0.368. The Bertz CT molecular complexity index is 656. The van der Waals surface area contributed by atoms with E-state index in [4.69, 9.17) is 11.6 Å². The molecule has 0 radical (unpaired) electrons. The fourth-order valence-electron chi connectivity index (χ4n) is 1.78. The molecule has 0 spiro atoms. The second-order valence-corrected chi connectivity index (χ2v) is 4.99. The average Bonchev–Trinajstić information content (AvgIpc) is 2.79. The molecule has 0 saturated carbocycles. The molecule has 2 rings (SSSR count). The molecule has 2 aromatic rings. The number of halogens is 3. The molecule has 0 fully saturated rings. The van der Waals surface area contributed by atoms with Crippen molar-refractivity contribution in [3.63, 3.8) is 0 Å². The normalized spacial score (nSPS) is 12.3. The minimum atomic E-state index is -2.97. The number of nitrogens with one attached hydrogen (secondary N) is 1. The summed E-state index contributed by atoms with van der Waals surface area (Å²) in [5.41, 5.74) is 0.761. The maximum atomic E-state index is 12.3. The van der Waals surface area contributed by atoms with Crippen LogP contribution in [0, 0.1) is 6.92 Å². The van der Waals surface area contributed by atoms with E-state index < -0.39 is 18.6 Å². The summed E-state index contributed by atoms with van der Waals surface area (Å²) in [4.78, 5) is 12.2. The van der Waals surface area contributed by atoms with Gasteiger partial charge in [-0.1, -0.05) is 23.7 Å². The number of hydrogen-bond acceptors (Lipinski definition) is 3. The van der Waals surface area contributed by atoms with Crippen molar-refractivity contribution in [2.24, 2.45) is 0 Å². The van der Waals surface area contributed by atoms with Gasteiger partial charge >= 0.3 is 6.61 Å².